The number of benzene rings is 2. The second-order valence-electron chi connectivity index (χ2n) is 8.00. The fraction of sp³-hybridized carbons (Fsp3) is 0.364. The molecule has 0 aliphatic carbocycles. The molecule has 1 N–H and O–H groups in total. The van der Waals surface area contributed by atoms with Crippen molar-refractivity contribution in [3.63, 3.8) is 0 Å². The Morgan fingerprint density at radius 2 is 1.82 bits per heavy atom. The normalized spacial score (nSPS) is 22.5. The molecule has 5 nitrogen and oxygen atoms in total. The SMILES string of the molecule is CN1CCC2(CCCCN2)c2c1ccn2S(=O)(=O)c1ccc2ccccc2c1. The van der Waals surface area contributed by atoms with Gasteiger partial charge < -0.3 is 10.2 Å². The van der Waals surface area contributed by atoms with Gasteiger partial charge in [-0.05, 0) is 61.2 Å². The Morgan fingerprint density at radius 3 is 2.61 bits per heavy atom. The summed E-state index contributed by atoms with van der Waals surface area (Å²) in [5, 5.41) is 5.66. The molecular weight excluding hydrogens is 370 g/mol. The first-order valence-electron chi connectivity index (χ1n) is 9.94. The zero-order chi connectivity index (χ0) is 19.4. The van der Waals surface area contributed by atoms with E-state index >= 15 is 0 Å². The van der Waals surface area contributed by atoms with Gasteiger partial charge >= 0.3 is 0 Å². The molecule has 0 radical (unpaired) electrons. The van der Waals surface area contributed by atoms with Crippen molar-refractivity contribution >= 4 is 26.5 Å². The zero-order valence-corrected chi connectivity index (χ0v) is 16.9. The van der Waals surface area contributed by atoms with Gasteiger partial charge in [0.2, 0.25) is 0 Å². The third kappa shape index (κ3) is 2.58. The Morgan fingerprint density at radius 1 is 1.00 bits per heavy atom. The predicted molar refractivity (Wildman–Crippen MR) is 112 cm³/mol. The first-order valence-corrected chi connectivity index (χ1v) is 11.4. The minimum Gasteiger partial charge on any atom is -0.373 e. The molecular formula is C22H25N3O2S. The number of hydrogen-bond acceptors (Lipinski definition) is 4. The van der Waals surface area contributed by atoms with Crippen LogP contribution in [0.25, 0.3) is 10.8 Å². The molecule has 28 heavy (non-hydrogen) atoms. The van der Waals surface area contributed by atoms with Crippen molar-refractivity contribution in [3.8, 4) is 0 Å². The third-order valence-electron chi connectivity index (χ3n) is 6.34. The van der Waals surface area contributed by atoms with E-state index in [-0.39, 0.29) is 5.54 Å². The lowest BCUT2D eigenvalue weighted by Gasteiger charge is -2.45. The van der Waals surface area contributed by atoms with Gasteiger partial charge in [-0.15, -0.1) is 0 Å². The van der Waals surface area contributed by atoms with Gasteiger partial charge in [-0.2, -0.15) is 0 Å². The molecule has 6 heteroatoms. The van der Waals surface area contributed by atoms with Crippen LogP contribution in [0.15, 0.2) is 59.6 Å². The zero-order valence-electron chi connectivity index (χ0n) is 16.1. The molecule has 0 amide bonds. The highest BCUT2D eigenvalue weighted by Crippen LogP contribution is 2.44. The van der Waals surface area contributed by atoms with Gasteiger partial charge in [0.1, 0.15) is 0 Å². The molecule has 1 aromatic heterocycles. The Labute approximate surface area is 166 Å². The first kappa shape index (κ1) is 17.8. The van der Waals surface area contributed by atoms with Crippen molar-refractivity contribution in [2.75, 3.05) is 25.0 Å². The molecule has 3 heterocycles. The van der Waals surface area contributed by atoms with Crippen LogP contribution in [0.3, 0.4) is 0 Å². The summed E-state index contributed by atoms with van der Waals surface area (Å²) < 4.78 is 28.8. The molecule has 3 aromatic rings. The summed E-state index contributed by atoms with van der Waals surface area (Å²) in [7, 11) is -1.63. The quantitative estimate of drug-likeness (QED) is 0.719. The monoisotopic (exact) mass is 395 g/mol. The summed E-state index contributed by atoms with van der Waals surface area (Å²) in [6, 6.07) is 15.2. The maximum atomic E-state index is 13.7. The van der Waals surface area contributed by atoms with E-state index in [2.05, 4.69) is 10.2 Å². The number of fused-ring (bicyclic) bond motifs is 3. The van der Waals surface area contributed by atoms with E-state index in [9.17, 15) is 8.42 Å². The summed E-state index contributed by atoms with van der Waals surface area (Å²) in [4.78, 5) is 2.51. The average molecular weight is 396 g/mol. The van der Waals surface area contributed by atoms with E-state index in [0.29, 0.717) is 4.90 Å². The van der Waals surface area contributed by atoms with Crippen LogP contribution in [0.5, 0.6) is 0 Å². The molecule has 1 atom stereocenters. The molecule has 2 aliphatic rings. The van der Waals surface area contributed by atoms with E-state index < -0.39 is 10.0 Å². The van der Waals surface area contributed by atoms with Gasteiger partial charge in [0.25, 0.3) is 10.0 Å². The van der Waals surface area contributed by atoms with Gasteiger partial charge in [-0.1, -0.05) is 30.3 Å². The third-order valence-corrected chi connectivity index (χ3v) is 8.01. The maximum absolute atomic E-state index is 13.7. The van der Waals surface area contributed by atoms with E-state index in [1.165, 1.54) is 3.97 Å². The van der Waals surface area contributed by atoms with Gasteiger partial charge in [-0.25, -0.2) is 12.4 Å². The number of aromatic nitrogens is 1. The van der Waals surface area contributed by atoms with Gasteiger partial charge in [0, 0.05) is 19.8 Å². The van der Waals surface area contributed by atoms with Crippen molar-refractivity contribution in [1.82, 2.24) is 9.29 Å². The maximum Gasteiger partial charge on any atom is 0.267 e. The lowest BCUT2D eigenvalue weighted by Crippen LogP contribution is -2.52. The van der Waals surface area contributed by atoms with Crippen molar-refractivity contribution in [2.45, 2.75) is 36.1 Å². The molecule has 1 spiro atoms. The molecule has 0 bridgehead atoms. The van der Waals surface area contributed by atoms with Crippen LogP contribution in [0.1, 0.15) is 31.4 Å². The minimum atomic E-state index is -3.68. The molecule has 5 rings (SSSR count). The second-order valence-corrected chi connectivity index (χ2v) is 9.81. The van der Waals surface area contributed by atoms with Crippen molar-refractivity contribution in [2.24, 2.45) is 0 Å². The van der Waals surface area contributed by atoms with Gasteiger partial charge in [-0.3, -0.25) is 0 Å². The highest BCUT2D eigenvalue weighted by Gasteiger charge is 2.43. The lowest BCUT2D eigenvalue weighted by molar-refractivity contribution is 0.227. The fourth-order valence-electron chi connectivity index (χ4n) is 4.79. The highest BCUT2D eigenvalue weighted by atomic mass is 32.2. The molecule has 2 aliphatic heterocycles. The molecule has 2 aromatic carbocycles. The number of hydrogen-bond donors (Lipinski definition) is 1. The second kappa shape index (κ2) is 6.36. The van der Waals surface area contributed by atoms with Crippen molar-refractivity contribution in [3.05, 3.63) is 60.4 Å². The summed E-state index contributed by atoms with van der Waals surface area (Å²) >= 11 is 0. The largest absolute Gasteiger partial charge is 0.373 e. The fourth-order valence-corrected chi connectivity index (χ4v) is 6.26. The van der Waals surface area contributed by atoms with Crippen LogP contribution >= 0.6 is 0 Å². The summed E-state index contributed by atoms with van der Waals surface area (Å²) in [6.07, 6.45) is 5.90. The predicted octanol–water partition coefficient (Wildman–Crippen LogP) is 3.69. The van der Waals surface area contributed by atoms with Crippen molar-refractivity contribution < 1.29 is 8.42 Å². The van der Waals surface area contributed by atoms with Crippen LogP contribution in [0, 0.1) is 0 Å². The Balaban J connectivity index is 1.69. The van der Waals surface area contributed by atoms with E-state index in [4.69, 9.17) is 0 Å². The Hall–Kier alpha value is -2.31. The lowest BCUT2D eigenvalue weighted by atomic mass is 9.80. The molecule has 1 unspecified atom stereocenters. The number of nitrogens with one attached hydrogen (secondary N) is 1. The minimum absolute atomic E-state index is 0.256. The van der Waals surface area contributed by atoms with Crippen LogP contribution in [0.2, 0.25) is 0 Å². The van der Waals surface area contributed by atoms with E-state index in [1.807, 2.05) is 43.4 Å². The smallest absolute Gasteiger partial charge is 0.267 e. The summed E-state index contributed by atoms with van der Waals surface area (Å²) in [5.74, 6) is 0. The number of piperidine rings is 1. The van der Waals surface area contributed by atoms with Crippen LogP contribution < -0.4 is 10.2 Å². The number of nitrogens with zero attached hydrogens (tertiary/aromatic N) is 2. The number of rotatable bonds is 2. The summed E-state index contributed by atoms with van der Waals surface area (Å²) in [6.45, 7) is 1.87. The van der Waals surface area contributed by atoms with Crippen molar-refractivity contribution in [1.29, 1.82) is 0 Å². The summed E-state index contributed by atoms with van der Waals surface area (Å²) in [5.41, 5.74) is 1.66. The highest BCUT2D eigenvalue weighted by molar-refractivity contribution is 7.90. The average Bonchev–Trinajstić information content (AvgIpc) is 3.19. The number of anilines is 1. The molecule has 1 saturated heterocycles. The Bertz CT molecular complexity index is 1140. The standard InChI is InChI=1S/C22H25N3O2S/c1-24-15-12-22(11-4-5-13-23-22)21-20(24)10-14-25(21)28(26,27)19-9-8-17-6-2-3-7-18(17)16-19/h2-3,6-10,14,16,23H,4-5,11-13,15H2,1H3. The molecule has 0 saturated carbocycles. The van der Waals surface area contributed by atoms with Crippen LogP contribution in [0.4, 0.5) is 5.69 Å². The van der Waals surface area contributed by atoms with E-state index in [1.54, 1.807) is 18.3 Å². The molecule has 1 fully saturated rings. The van der Waals surface area contributed by atoms with Crippen LogP contribution in [-0.2, 0) is 15.6 Å². The molecule has 146 valence electrons. The van der Waals surface area contributed by atoms with Gasteiger partial charge in [0.05, 0.1) is 21.8 Å². The van der Waals surface area contributed by atoms with E-state index in [0.717, 1.165) is 60.9 Å². The van der Waals surface area contributed by atoms with Crippen LogP contribution in [-0.4, -0.2) is 32.5 Å². The Kier molecular flexibility index (Phi) is 4.03. The van der Waals surface area contributed by atoms with Gasteiger partial charge in [0.15, 0.2) is 0 Å². The topological polar surface area (TPSA) is 54.3 Å². The first-order chi connectivity index (χ1) is 13.5.